The zero-order valence-electron chi connectivity index (χ0n) is 3.40. The fourth-order valence-electron chi connectivity index (χ4n) is 0.0667. The lowest BCUT2D eigenvalue weighted by Gasteiger charge is -1.75. The maximum Gasteiger partial charge on any atom is 0.136 e. The minimum Gasteiger partial charge on any atom is -0.387 e. The van der Waals surface area contributed by atoms with Crippen LogP contribution < -0.4 is 5.73 Å². The van der Waals surface area contributed by atoms with Gasteiger partial charge in [0.2, 0.25) is 0 Å². The average molecular weight is 199 g/mol. The van der Waals surface area contributed by atoms with Gasteiger partial charge in [0.15, 0.2) is 0 Å². The summed E-state index contributed by atoms with van der Waals surface area (Å²) in [6, 6.07) is 0. The van der Waals surface area contributed by atoms with Crippen LogP contribution in [0, 0.1) is 3.56 Å². The maximum atomic E-state index is 6.58. The van der Waals surface area contributed by atoms with E-state index in [4.69, 9.17) is 9.30 Å². The van der Waals surface area contributed by atoms with Crippen molar-refractivity contribution < 1.29 is 0 Å². The van der Waals surface area contributed by atoms with Gasteiger partial charge in [-0.05, 0) is 6.92 Å². The van der Waals surface area contributed by atoms with Crippen LogP contribution in [-0.2, 0) is 0 Å². The minimum atomic E-state index is -0.720. The van der Waals surface area contributed by atoms with Gasteiger partial charge in [0.25, 0.3) is 0 Å². The van der Waals surface area contributed by atoms with E-state index in [9.17, 15) is 0 Å². The molecule has 6 heavy (non-hydrogen) atoms. The molecule has 0 saturated carbocycles. The lowest BCUT2D eigenvalue weighted by Crippen LogP contribution is -2.02. The molecule has 0 radical (unpaired) electrons. The third kappa shape index (κ3) is 4.00. The van der Waals surface area contributed by atoms with Crippen LogP contribution >= 0.6 is 21.3 Å². The highest BCUT2D eigenvalue weighted by Crippen LogP contribution is 1.91. The molecule has 0 aromatic heterocycles. The minimum absolute atomic E-state index is 0.526. The Morgan fingerprint density at radius 2 is 2.50 bits per heavy atom. The molecular formula is C2H6IN3. The summed E-state index contributed by atoms with van der Waals surface area (Å²) in [5.41, 5.74) is 5.06. The van der Waals surface area contributed by atoms with E-state index in [2.05, 4.69) is 3.21 Å². The predicted octanol–water partition coefficient (Wildman–Crippen LogP) is 1.01. The van der Waals surface area contributed by atoms with Gasteiger partial charge in [0.05, 0.1) is 0 Å². The highest BCUT2D eigenvalue weighted by molar-refractivity contribution is 14.1. The van der Waals surface area contributed by atoms with Crippen molar-refractivity contribution in [2.24, 2.45) is 8.94 Å². The van der Waals surface area contributed by atoms with Gasteiger partial charge in [-0.1, -0.05) is 0 Å². The van der Waals surface area contributed by atoms with Crippen LogP contribution in [-0.4, -0.2) is 5.84 Å². The van der Waals surface area contributed by atoms with Gasteiger partial charge in [0, 0.05) is 0 Å². The Bertz CT molecular complexity index is 72.9. The van der Waals surface area contributed by atoms with E-state index in [0.29, 0.717) is 5.84 Å². The lowest BCUT2D eigenvalue weighted by atomic mass is 10.8. The molecule has 0 aromatic carbocycles. The van der Waals surface area contributed by atoms with Crippen LogP contribution in [0.4, 0.5) is 0 Å². The molecule has 0 aromatic rings. The van der Waals surface area contributed by atoms with Crippen molar-refractivity contribution in [3.8, 4) is 0 Å². The van der Waals surface area contributed by atoms with E-state index in [1.54, 1.807) is 6.92 Å². The summed E-state index contributed by atoms with van der Waals surface area (Å²) < 4.78 is 10.2. The van der Waals surface area contributed by atoms with Crippen molar-refractivity contribution >= 4 is 27.1 Å². The number of halogens is 1. The Morgan fingerprint density at radius 1 is 2.00 bits per heavy atom. The summed E-state index contributed by atoms with van der Waals surface area (Å²) >= 11 is -0.720. The standard InChI is InChI=1S/C2H6IN3/c1-2(4)6-3-5/h1H3,(H3,4,5,6). The number of nitrogens with two attached hydrogens (primary N) is 1. The monoisotopic (exact) mass is 199 g/mol. The number of hydrogen-bond acceptors (Lipinski definition) is 1. The SMILES string of the molecule is CC(N)=NI=N. The maximum absolute atomic E-state index is 6.58. The molecule has 0 bridgehead atoms. The smallest absolute Gasteiger partial charge is 0.136 e. The van der Waals surface area contributed by atoms with Crippen LogP contribution in [0.15, 0.2) is 3.21 Å². The molecule has 0 aliphatic heterocycles. The van der Waals surface area contributed by atoms with Gasteiger partial charge < -0.3 is 5.73 Å². The first-order valence-corrected chi connectivity index (χ1v) is 3.41. The van der Waals surface area contributed by atoms with E-state index in [1.807, 2.05) is 0 Å². The fraction of sp³-hybridized carbons (Fsp3) is 0.500. The van der Waals surface area contributed by atoms with E-state index in [0.717, 1.165) is 0 Å². The van der Waals surface area contributed by atoms with Crippen molar-refractivity contribution in [3.63, 3.8) is 0 Å². The zero-order chi connectivity index (χ0) is 4.99. The van der Waals surface area contributed by atoms with Crippen LogP contribution in [0.1, 0.15) is 6.92 Å². The molecule has 0 rings (SSSR count). The summed E-state index contributed by atoms with van der Waals surface area (Å²) in [6.45, 7) is 1.69. The van der Waals surface area contributed by atoms with E-state index < -0.39 is 21.3 Å². The predicted molar refractivity (Wildman–Crippen MR) is 34.0 cm³/mol. The second-order valence-electron chi connectivity index (χ2n) is 0.810. The molecule has 0 heterocycles. The molecule has 0 unspecified atom stereocenters. The third-order valence-corrected chi connectivity index (χ3v) is 1.18. The van der Waals surface area contributed by atoms with Crippen LogP contribution in [0.3, 0.4) is 0 Å². The molecule has 0 amide bonds. The number of hydrogen-bond donors (Lipinski definition) is 2. The molecule has 3 nitrogen and oxygen atoms in total. The Hall–Kier alpha value is -0.0000000000000000555. The van der Waals surface area contributed by atoms with E-state index in [-0.39, 0.29) is 0 Å². The van der Waals surface area contributed by atoms with Gasteiger partial charge in [-0.15, -0.1) is 0 Å². The van der Waals surface area contributed by atoms with Gasteiger partial charge >= 0.3 is 0 Å². The molecule has 0 atom stereocenters. The summed E-state index contributed by atoms with van der Waals surface area (Å²) in [7, 11) is 0. The first kappa shape index (κ1) is 6.00. The molecule has 0 saturated heterocycles. The first-order valence-electron chi connectivity index (χ1n) is 1.37. The van der Waals surface area contributed by atoms with Crippen LogP contribution in [0.25, 0.3) is 0 Å². The third-order valence-electron chi connectivity index (χ3n) is 0.176. The quantitative estimate of drug-likeness (QED) is 0.369. The Balaban J connectivity index is 3.41. The zero-order valence-corrected chi connectivity index (χ0v) is 5.56. The molecule has 36 valence electrons. The summed E-state index contributed by atoms with van der Waals surface area (Å²) in [5, 5.41) is 0. The summed E-state index contributed by atoms with van der Waals surface area (Å²) in [6.07, 6.45) is 0. The van der Waals surface area contributed by atoms with Gasteiger partial charge in [-0.2, -0.15) is 3.21 Å². The van der Waals surface area contributed by atoms with E-state index >= 15 is 0 Å². The number of nitrogens with one attached hydrogen (secondary N) is 1. The van der Waals surface area contributed by atoms with Crippen molar-refractivity contribution in [3.05, 3.63) is 0 Å². The van der Waals surface area contributed by atoms with Gasteiger partial charge in [-0.25, -0.2) is 0 Å². The normalized spacial score (nSPS) is 11.8. The van der Waals surface area contributed by atoms with Crippen molar-refractivity contribution in [1.82, 2.24) is 0 Å². The summed E-state index contributed by atoms with van der Waals surface area (Å²) in [4.78, 5) is 0. The molecule has 0 fully saturated rings. The summed E-state index contributed by atoms with van der Waals surface area (Å²) in [5.74, 6) is 0.526. The van der Waals surface area contributed by atoms with E-state index in [1.165, 1.54) is 0 Å². The van der Waals surface area contributed by atoms with Crippen molar-refractivity contribution in [2.45, 2.75) is 6.92 Å². The Labute approximate surface area is 46.9 Å². The number of nitrogens with zero attached hydrogens (tertiary/aromatic N) is 1. The average Bonchev–Trinajstić information content (AvgIpc) is 1.35. The van der Waals surface area contributed by atoms with Crippen molar-refractivity contribution in [2.75, 3.05) is 0 Å². The second kappa shape index (κ2) is 3.20. The molecule has 0 aliphatic carbocycles. The Kier molecular flexibility index (Phi) is 3.20. The fourth-order valence-corrected chi connectivity index (χ4v) is 0.447. The Morgan fingerprint density at radius 3 is 2.50 bits per heavy atom. The second-order valence-corrected chi connectivity index (χ2v) is 1.78. The number of amidine groups is 1. The molecule has 0 spiro atoms. The highest BCUT2D eigenvalue weighted by atomic mass is 127. The van der Waals surface area contributed by atoms with Crippen LogP contribution in [0.2, 0.25) is 0 Å². The molecule has 4 heteroatoms. The largest absolute Gasteiger partial charge is 0.387 e. The number of rotatable bonds is 1. The molecule has 0 aliphatic rings. The van der Waals surface area contributed by atoms with Gasteiger partial charge in [-0.3, -0.25) is 3.56 Å². The molecular weight excluding hydrogens is 193 g/mol. The van der Waals surface area contributed by atoms with Gasteiger partial charge in [0.1, 0.15) is 27.1 Å². The lowest BCUT2D eigenvalue weighted by molar-refractivity contribution is 1.62. The van der Waals surface area contributed by atoms with Crippen LogP contribution in [0.5, 0.6) is 0 Å². The molecule has 3 N–H and O–H groups in total. The first-order chi connectivity index (χ1) is 2.77. The van der Waals surface area contributed by atoms with Crippen molar-refractivity contribution in [1.29, 1.82) is 3.56 Å². The topological polar surface area (TPSA) is 62.2 Å². The highest BCUT2D eigenvalue weighted by Gasteiger charge is 1.66.